The summed E-state index contributed by atoms with van der Waals surface area (Å²) >= 11 is 5.30. The average molecular weight is 357 g/mol. The first kappa shape index (κ1) is 17.5. The lowest BCUT2D eigenvalue weighted by atomic mass is 10.1. The summed E-state index contributed by atoms with van der Waals surface area (Å²) in [6.45, 7) is 3.90. The summed E-state index contributed by atoms with van der Waals surface area (Å²) in [6, 6.07) is 16.2. The molecule has 25 heavy (non-hydrogen) atoms. The highest BCUT2D eigenvalue weighted by Crippen LogP contribution is 2.25. The van der Waals surface area contributed by atoms with Gasteiger partial charge in [-0.2, -0.15) is 0 Å². The van der Waals surface area contributed by atoms with E-state index in [4.69, 9.17) is 27.4 Å². The number of methoxy groups -OCH3 is 1. The maximum absolute atomic E-state index is 6.01. The summed E-state index contributed by atoms with van der Waals surface area (Å²) in [6.07, 6.45) is 0. The molecular weight excluding hydrogens is 334 g/mol. The number of hydrogen-bond acceptors (Lipinski definition) is 4. The molecule has 3 rings (SSSR count). The molecule has 1 saturated heterocycles. The van der Waals surface area contributed by atoms with E-state index >= 15 is 0 Å². The van der Waals surface area contributed by atoms with Crippen molar-refractivity contribution in [2.75, 3.05) is 43.2 Å². The van der Waals surface area contributed by atoms with Gasteiger partial charge in [-0.05, 0) is 48.1 Å². The van der Waals surface area contributed by atoms with Crippen molar-refractivity contribution in [3.8, 4) is 5.75 Å². The lowest BCUT2D eigenvalue weighted by Crippen LogP contribution is -2.37. The van der Waals surface area contributed by atoms with Gasteiger partial charge in [0.2, 0.25) is 0 Å². The summed E-state index contributed by atoms with van der Waals surface area (Å²) < 4.78 is 10.7. The molecule has 0 radical (unpaired) electrons. The van der Waals surface area contributed by atoms with Crippen LogP contribution in [0.2, 0.25) is 0 Å². The predicted molar refractivity (Wildman–Crippen MR) is 105 cm³/mol. The van der Waals surface area contributed by atoms with Gasteiger partial charge in [0.25, 0.3) is 0 Å². The number of morpholine rings is 1. The number of ether oxygens (including phenoxy) is 2. The maximum Gasteiger partial charge on any atom is 0.171 e. The minimum absolute atomic E-state index is 0.349. The van der Waals surface area contributed by atoms with E-state index in [9.17, 15) is 0 Å². The average Bonchev–Trinajstić information content (AvgIpc) is 2.67. The molecule has 5 nitrogen and oxygen atoms in total. The van der Waals surface area contributed by atoms with E-state index in [2.05, 4.69) is 17.0 Å². The normalized spacial score (nSPS) is 14.2. The van der Waals surface area contributed by atoms with Crippen LogP contribution in [0, 0.1) is 0 Å². The van der Waals surface area contributed by atoms with Crippen molar-refractivity contribution in [1.29, 1.82) is 0 Å². The third kappa shape index (κ3) is 4.41. The van der Waals surface area contributed by atoms with E-state index in [1.165, 1.54) is 0 Å². The van der Waals surface area contributed by atoms with E-state index < -0.39 is 0 Å². The molecule has 0 aliphatic carbocycles. The molecule has 1 heterocycles. The van der Waals surface area contributed by atoms with Crippen molar-refractivity contribution >= 4 is 28.7 Å². The van der Waals surface area contributed by atoms with Crippen molar-refractivity contribution in [1.82, 2.24) is 0 Å². The zero-order valence-electron chi connectivity index (χ0n) is 14.4. The van der Waals surface area contributed by atoms with Crippen LogP contribution in [0.5, 0.6) is 5.75 Å². The Morgan fingerprint density at radius 1 is 1.20 bits per heavy atom. The number of nitrogens with zero attached hydrogens (tertiary/aromatic N) is 2. The Hall–Kier alpha value is -2.31. The third-order valence-corrected chi connectivity index (χ3v) is 4.48. The molecule has 6 heteroatoms. The van der Waals surface area contributed by atoms with Gasteiger partial charge in [0, 0.05) is 24.5 Å². The molecule has 2 aromatic carbocycles. The Bertz CT molecular complexity index is 732. The largest absolute Gasteiger partial charge is 0.497 e. The molecule has 0 atom stereocenters. The molecule has 1 aliphatic heterocycles. The van der Waals surface area contributed by atoms with Gasteiger partial charge in [0.05, 0.1) is 26.9 Å². The summed E-state index contributed by atoms with van der Waals surface area (Å²) in [4.78, 5) is 4.25. The third-order valence-electron chi connectivity index (χ3n) is 4.26. The molecule has 1 aliphatic rings. The molecule has 2 N–H and O–H groups in total. The Balaban J connectivity index is 1.83. The lowest BCUT2D eigenvalue weighted by molar-refractivity contribution is 0.122. The van der Waals surface area contributed by atoms with Gasteiger partial charge in [0.1, 0.15) is 5.75 Å². The number of hydrogen-bond donors (Lipinski definition) is 1. The van der Waals surface area contributed by atoms with Gasteiger partial charge in [-0.3, -0.25) is 0 Å². The van der Waals surface area contributed by atoms with E-state index in [1.807, 2.05) is 41.3 Å². The first-order valence-electron chi connectivity index (χ1n) is 8.30. The minimum atomic E-state index is 0.349. The van der Waals surface area contributed by atoms with Gasteiger partial charge in [-0.25, -0.2) is 0 Å². The van der Waals surface area contributed by atoms with Crippen LogP contribution in [0.1, 0.15) is 5.56 Å². The highest BCUT2D eigenvalue weighted by atomic mass is 32.1. The summed E-state index contributed by atoms with van der Waals surface area (Å²) in [5, 5.41) is 0.349. The molecular formula is C19H23N3O2S. The van der Waals surface area contributed by atoms with E-state index in [0.29, 0.717) is 11.7 Å². The van der Waals surface area contributed by atoms with Gasteiger partial charge < -0.3 is 25.0 Å². The van der Waals surface area contributed by atoms with Crippen LogP contribution in [0.25, 0.3) is 0 Å². The summed E-state index contributed by atoms with van der Waals surface area (Å²) in [5.41, 5.74) is 9.24. The minimum Gasteiger partial charge on any atom is -0.497 e. The Morgan fingerprint density at radius 2 is 1.96 bits per heavy atom. The standard InChI is InChI=1S/C19H23N3O2S/c1-23-18-7-2-4-15(12-18)14-22(19(20)25)17-6-3-5-16(13-17)21-8-10-24-11-9-21/h2-7,12-13H,8-11,14H2,1H3,(H2,20,25). The van der Waals surface area contributed by atoms with E-state index in [-0.39, 0.29) is 0 Å². The number of benzene rings is 2. The van der Waals surface area contributed by atoms with Crippen molar-refractivity contribution in [3.05, 3.63) is 54.1 Å². The van der Waals surface area contributed by atoms with Crippen LogP contribution >= 0.6 is 12.2 Å². The fourth-order valence-corrected chi connectivity index (χ4v) is 3.10. The quantitative estimate of drug-likeness (QED) is 0.831. The van der Waals surface area contributed by atoms with Crippen LogP contribution in [0.15, 0.2) is 48.5 Å². The second-order valence-electron chi connectivity index (χ2n) is 5.90. The van der Waals surface area contributed by atoms with Crippen molar-refractivity contribution < 1.29 is 9.47 Å². The van der Waals surface area contributed by atoms with Crippen LogP contribution in [-0.4, -0.2) is 38.5 Å². The Kier molecular flexibility index (Phi) is 5.73. The maximum atomic E-state index is 6.01. The van der Waals surface area contributed by atoms with Crippen LogP contribution < -0.4 is 20.3 Å². The van der Waals surface area contributed by atoms with Crippen molar-refractivity contribution in [2.24, 2.45) is 5.73 Å². The first-order valence-corrected chi connectivity index (χ1v) is 8.71. The van der Waals surface area contributed by atoms with E-state index in [1.54, 1.807) is 7.11 Å². The predicted octanol–water partition coefficient (Wildman–Crippen LogP) is 2.78. The zero-order chi connectivity index (χ0) is 17.6. The SMILES string of the molecule is COc1cccc(CN(C(N)=S)c2cccc(N3CCOCC3)c2)c1. The van der Waals surface area contributed by atoms with Gasteiger partial charge in [-0.15, -0.1) is 0 Å². The highest BCUT2D eigenvalue weighted by molar-refractivity contribution is 7.80. The second-order valence-corrected chi connectivity index (χ2v) is 6.31. The fraction of sp³-hybridized carbons (Fsp3) is 0.316. The molecule has 132 valence electrons. The molecule has 2 aromatic rings. The molecule has 0 saturated carbocycles. The van der Waals surface area contributed by atoms with Crippen molar-refractivity contribution in [2.45, 2.75) is 6.54 Å². The molecule has 0 unspecified atom stereocenters. The number of nitrogens with two attached hydrogens (primary N) is 1. The Morgan fingerprint density at radius 3 is 2.68 bits per heavy atom. The number of thiocarbonyl (C=S) groups is 1. The van der Waals surface area contributed by atoms with Crippen LogP contribution in [0.4, 0.5) is 11.4 Å². The van der Waals surface area contributed by atoms with Crippen LogP contribution in [-0.2, 0) is 11.3 Å². The Labute approximate surface area is 153 Å². The van der Waals surface area contributed by atoms with Crippen LogP contribution in [0.3, 0.4) is 0 Å². The summed E-state index contributed by atoms with van der Waals surface area (Å²) in [7, 11) is 1.66. The topological polar surface area (TPSA) is 51.0 Å². The molecule has 0 spiro atoms. The first-order chi connectivity index (χ1) is 12.2. The lowest BCUT2D eigenvalue weighted by Gasteiger charge is -2.30. The second kappa shape index (κ2) is 8.18. The number of anilines is 2. The van der Waals surface area contributed by atoms with Crippen molar-refractivity contribution in [3.63, 3.8) is 0 Å². The molecule has 0 aromatic heterocycles. The molecule has 0 amide bonds. The summed E-state index contributed by atoms with van der Waals surface area (Å²) in [5.74, 6) is 0.822. The smallest absolute Gasteiger partial charge is 0.171 e. The monoisotopic (exact) mass is 357 g/mol. The fourth-order valence-electron chi connectivity index (χ4n) is 2.93. The number of rotatable bonds is 5. The molecule has 0 bridgehead atoms. The van der Waals surface area contributed by atoms with Gasteiger partial charge >= 0.3 is 0 Å². The zero-order valence-corrected chi connectivity index (χ0v) is 15.2. The highest BCUT2D eigenvalue weighted by Gasteiger charge is 2.15. The van der Waals surface area contributed by atoms with Gasteiger partial charge in [-0.1, -0.05) is 18.2 Å². The van der Waals surface area contributed by atoms with E-state index in [0.717, 1.165) is 49.0 Å². The van der Waals surface area contributed by atoms with Gasteiger partial charge in [0.15, 0.2) is 5.11 Å². The molecule has 1 fully saturated rings.